The fraction of sp³-hybridized carbons (Fsp3) is 0.250. The maximum Gasteiger partial charge on any atom is 0.132 e. The summed E-state index contributed by atoms with van der Waals surface area (Å²) in [7, 11) is 1.66. The zero-order valence-electron chi connectivity index (χ0n) is 9.14. The Morgan fingerprint density at radius 2 is 2.00 bits per heavy atom. The van der Waals surface area contributed by atoms with Gasteiger partial charge in [0.1, 0.15) is 18.2 Å². The summed E-state index contributed by atoms with van der Waals surface area (Å²) in [5, 5.41) is 0. The Morgan fingerprint density at radius 1 is 1.19 bits per heavy atom. The van der Waals surface area contributed by atoms with E-state index < -0.39 is 0 Å². The van der Waals surface area contributed by atoms with Crippen molar-refractivity contribution in [3.05, 3.63) is 48.0 Å². The van der Waals surface area contributed by atoms with Crippen molar-refractivity contribution in [1.82, 2.24) is 9.97 Å². The van der Waals surface area contributed by atoms with Crippen molar-refractivity contribution in [3.63, 3.8) is 0 Å². The first-order valence-corrected chi connectivity index (χ1v) is 5.07. The number of aromatic amines is 1. The number of benzene rings is 1. The van der Waals surface area contributed by atoms with Crippen molar-refractivity contribution in [2.45, 2.75) is 13.2 Å². The van der Waals surface area contributed by atoms with E-state index in [0.717, 1.165) is 17.1 Å². The number of nitrogens with one attached hydrogen (secondary N) is 1. The quantitative estimate of drug-likeness (QED) is 0.836. The molecule has 0 radical (unpaired) electrons. The van der Waals surface area contributed by atoms with E-state index in [1.165, 1.54) is 0 Å². The van der Waals surface area contributed by atoms with Crippen LogP contribution in [0.3, 0.4) is 0 Å². The van der Waals surface area contributed by atoms with Gasteiger partial charge in [0.25, 0.3) is 0 Å². The van der Waals surface area contributed by atoms with Crippen molar-refractivity contribution in [2.75, 3.05) is 7.11 Å². The molecule has 1 aromatic carbocycles. The van der Waals surface area contributed by atoms with Crippen molar-refractivity contribution >= 4 is 0 Å². The first-order valence-electron chi connectivity index (χ1n) is 5.07. The fourth-order valence-electron chi connectivity index (χ4n) is 1.36. The van der Waals surface area contributed by atoms with E-state index >= 15 is 0 Å². The first-order chi connectivity index (χ1) is 7.88. The predicted molar refractivity (Wildman–Crippen MR) is 60.1 cm³/mol. The maximum absolute atomic E-state index is 5.50. The van der Waals surface area contributed by atoms with Crippen LogP contribution < -0.4 is 4.74 Å². The van der Waals surface area contributed by atoms with Crippen LogP contribution >= 0.6 is 0 Å². The van der Waals surface area contributed by atoms with E-state index in [-0.39, 0.29) is 0 Å². The summed E-state index contributed by atoms with van der Waals surface area (Å²) in [5.41, 5.74) is 1.12. The zero-order valence-corrected chi connectivity index (χ0v) is 9.14. The van der Waals surface area contributed by atoms with Gasteiger partial charge in [0.05, 0.1) is 13.7 Å². The van der Waals surface area contributed by atoms with E-state index in [9.17, 15) is 0 Å². The van der Waals surface area contributed by atoms with Crippen LogP contribution in [0.4, 0.5) is 0 Å². The SMILES string of the molecule is COc1ccc(COCc2ncc[nH]2)cc1. The number of ether oxygens (including phenoxy) is 2. The minimum atomic E-state index is 0.499. The molecule has 0 unspecified atom stereocenters. The average molecular weight is 218 g/mol. The molecule has 1 N–H and O–H groups in total. The van der Waals surface area contributed by atoms with Gasteiger partial charge < -0.3 is 14.5 Å². The predicted octanol–water partition coefficient (Wildman–Crippen LogP) is 2.14. The van der Waals surface area contributed by atoms with E-state index in [1.807, 2.05) is 24.3 Å². The molecule has 0 aliphatic carbocycles. The zero-order chi connectivity index (χ0) is 11.2. The number of methoxy groups -OCH3 is 1. The lowest BCUT2D eigenvalue weighted by atomic mass is 10.2. The van der Waals surface area contributed by atoms with E-state index in [1.54, 1.807) is 19.5 Å². The lowest BCUT2D eigenvalue weighted by Crippen LogP contribution is -1.95. The van der Waals surface area contributed by atoms with Crippen molar-refractivity contribution in [2.24, 2.45) is 0 Å². The number of hydrogen-bond donors (Lipinski definition) is 1. The summed E-state index contributed by atoms with van der Waals surface area (Å²) in [6.45, 7) is 1.07. The molecule has 2 rings (SSSR count). The molecule has 2 aromatic rings. The van der Waals surface area contributed by atoms with Crippen LogP contribution in [-0.4, -0.2) is 17.1 Å². The first kappa shape index (κ1) is 10.7. The Labute approximate surface area is 94.2 Å². The molecule has 0 aliphatic heterocycles. The molecule has 1 heterocycles. The Bertz CT molecular complexity index is 409. The molecule has 0 aliphatic rings. The smallest absolute Gasteiger partial charge is 0.132 e. The molecule has 0 atom stereocenters. The highest BCUT2D eigenvalue weighted by Gasteiger charge is 1.97. The highest BCUT2D eigenvalue weighted by Crippen LogP contribution is 2.12. The Morgan fingerprint density at radius 3 is 2.62 bits per heavy atom. The second-order valence-corrected chi connectivity index (χ2v) is 3.38. The molecule has 0 fully saturated rings. The lowest BCUT2D eigenvalue weighted by molar-refractivity contribution is 0.102. The maximum atomic E-state index is 5.50. The van der Waals surface area contributed by atoms with Crippen LogP contribution in [0.15, 0.2) is 36.7 Å². The van der Waals surface area contributed by atoms with Crippen molar-refractivity contribution in [1.29, 1.82) is 0 Å². The number of aromatic nitrogens is 2. The minimum absolute atomic E-state index is 0.499. The standard InChI is InChI=1S/C12H14N2O2/c1-15-11-4-2-10(3-5-11)8-16-9-12-13-6-7-14-12/h2-7H,8-9H2,1H3,(H,13,14). The lowest BCUT2D eigenvalue weighted by Gasteiger charge is -2.04. The normalized spacial score (nSPS) is 10.3. The molecule has 16 heavy (non-hydrogen) atoms. The number of rotatable bonds is 5. The molecule has 0 spiro atoms. The van der Waals surface area contributed by atoms with Crippen LogP contribution in [0, 0.1) is 0 Å². The van der Waals surface area contributed by atoms with Gasteiger partial charge in [0.15, 0.2) is 0 Å². The summed E-state index contributed by atoms with van der Waals surface area (Å²) in [4.78, 5) is 7.06. The summed E-state index contributed by atoms with van der Waals surface area (Å²) in [6.07, 6.45) is 3.50. The summed E-state index contributed by atoms with van der Waals surface area (Å²) < 4.78 is 10.6. The van der Waals surface area contributed by atoms with E-state index in [4.69, 9.17) is 9.47 Å². The molecule has 84 valence electrons. The van der Waals surface area contributed by atoms with Crippen LogP contribution in [0.5, 0.6) is 5.75 Å². The van der Waals surface area contributed by atoms with Gasteiger partial charge >= 0.3 is 0 Å². The van der Waals surface area contributed by atoms with E-state index in [2.05, 4.69) is 9.97 Å². The molecular weight excluding hydrogens is 204 g/mol. The van der Waals surface area contributed by atoms with Gasteiger partial charge in [-0.1, -0.05) is 12.1 Å². The minimum Gasteiger partial charge on any atom is -0.497 e. The molecule has 0 saturated heterocycles. The third-order valence-corrected chi connectivity index (χ3v) is 2.22. The van der Waals surface area contributed by atoms with Crippen LogP contribution in [0.25, 0.3) is 0 Å². The third-order valence-electron chi connectivity index (χ3n) is 2.22. The van der Waals surface area contributed by atoms with Gasteiger partial charge in [-0.05, 0) is 17.7 Å². The molecule has 0 bridgehead atoms. The summed E-state index contributed by atoms with van der Waals surface area (Å²) >= 11 is 0. The largest absolute Gasteiger partial charge is 0.497 e. The topological polar surface area (TPSA) is 47.1 Å². The average Bonchev–Trinajstić information content (AvgIpc) is 2.83. The second kappa shape index (κ2) is 5.32. The van der Waals surface area contributed by atoms with Crippen LogP contribution in [-0.2, 0) is 18.0 Å². The Hall–Kier alpha value is -1.81. The molecule has 0 amide bonds. The molecule has 4 nitrogen and oxygen atoms in total. The highest BCUT2D eigenvalue weighted by molar-refractivity contribution is 5.26. The van der Waals surface area contributed by atoms with Gasteiger partial charge in [0, 0.05) is 12.4 Å². The van der Waals surface area contributed by atoms with Crippen LogP contribution in [0.2, 0.25) is 0 Å². The highest BCUT2D eigenvalue weighted by atomic mass is 16.5. The molecular formula is C12H14N2O2. The number of H-pyrrole nitrogens is 1. The van der Waals surface area contributed by atoms with Crippen LogP contribution in [0.1, 0.15) is 11.4 Å². The van der Waals surface area contributed by atoms with Gasteiger partial charge in [0.2, 0.25) is 0 Å². The summed E-state index contributed by atoms with van der Waals surface area (Å²) in [6, 6.07) is 7.82. The van der Waals surface area contributed by atoms with Gasteiger partial charge in [-0.2, -0.15) is 0 Å². The second-order valence-electron chi connectivity index (χ2n) is 3.38. The third kappa shape index (κ3) is 2.84. The molecule has 0 saturated carbocycles. The number of nitrogens with zero attached hydrogens (tertiary/aromatic N) is 1. The fourth-order valence-corrected chi connectivity index (χ4v) is 1.36. The van der Waals surface area contributed by atoms with Gasteiger partial charge in [-0.25, -0.2) is 4.98 Å². The van der Waals surface area contributed by atoms with Crippen molar-refractivity contribution in [3.8, 4) is 5.75 Å². The number of hydrogen-bond acceptors (Lipinski definition) is 3. The molecule has 4 heteroatoms. The Balaban J connectivity index is 1.81. The van der Waals surface area contributed by atoms with Gasteiger partial charge in [-0.3, -0.25) is 0 Å². The van der Waals surface area contributed by atoms with Crippen molar-refractivity contribution < 1.29 is 9.47 Å². The number of imidazole rings is 1. The molecule has 1 aromatic heterocycles. The monoisotopic (exact) mass is 218 g/mol. The van der Waals surface area contributed by atoms with E-state index in [0.29, 0.717) is 13.2 Å². The summed E-state index contributed by atoms with van der Waals surface area (Å²) in [5.74, 6) is 1.70. The van der Waals surface area contributed by atoms with Gasteiger partial charge in [-0.15, -0.1) is 0 Å². The Kier molecular flexibility index (Phi) is 3.56.